The topological polar surface area (TPSA) is 86.8 Å². The minimum atomic E-state index is -4.19. The van der Waals surface area contributed by atoms with Gasteiger partial charge in [-0.25, -0.2) is 8.42 Å². The lowest BCUT2D eigenvalue weighted by Crippen LogP contribution is -2.55. The van der Waals surface area contributed by atoms with Gasteiger partial charge in [-0.2, -0.15) is 0 Å². The Kier molecular flexibility index (Phi) is 11.5. The van der Waals surface area contributed by atoms with Crippen LogP contribution in [-0.2, 0) is 32.6 Å². The molecule has 5 rings (SSSR count). The highest BCUT2D eigenvalue weighted by atomic mass is 79.9. The number of hydrogen-bond acceptors (Lipinski definition) is 4. The number of anilines is 1. The van der Waals surface area contributed by atoms with Crippen LogP contribution in [0.15, 0.2) is 119 Å². The smallest absolute Gasteiger partial charge is 0.264 e. The summed E-state index contributed by atoms with van der Waals surface area (Å²) in [4.78, 5) is 30.3. The summed E-state index contributed by atoms with van der Waals surface area (Å²) in [6.07, 6.45) is 5.28. The van der Waals surface area contributed by atoms with Crippen molar-refractivity contribution >= 4 is 55.1 Å². The predicted molar refractivity (Wildman–Crippen MR) is 186 cm³/mol. The Balaban J connectivity index is 1.55. The van der Waals surface area contributed by atoms with Crippen LogP contribution in [0.3, 0.4) is 0 Å². The van der Waals surface area contributed by atoms with E-state index in [1.165, 1.54) is 23.1 Å². The fraction of sp³-hybridized carbons (Fsp3) is 0.278. The average molecular weight is 723 g/mol. The molecule has 1 unspecified atom stereocenters. The van der Waals surface area contributed by atoms with E-state index >= 15 is 0 Å². The third-order valence-corrected chi connectivity index (χ3v) is 10.7. The maximum Gasteiger partial charge on any atom is 0.264 e. The molecule has 2 amide bonds. The third-order valence-electron chi connectivity index (χ3n) is 8.20. The molecule has 1 saturated carbocycles. The van der Waals surface area contributed by atoms with E-state index < -0.39 is 28.5 Å². The van der Waals surface area contributed by atoms with E-state index in [-0.39, 0.29) is 35.5 Å². The average Bonchev–Trinajstić information content (AvgIpc) is 3.07. The lowest BCUT2D eigenvalue weighted by Gasteiger charge is -2.35. The number of sulfonamides is 1. The number of nitrogens with one attached hydrogen (secondary N) is 1. The zero-order chi connectivity index (χ0) is 32.5. The van der Waals surface area contributed by atoms with Crippen LogP contribution in [0, 0.1) is 0 Å². The number of hydrogen-bond donors (Lipinski definition) is 1. The first-order valence-electron chi connectivity index (χ1n) is 15.4. The Bertz CT molecular complexity index is 1720. The van der Waals surface area contributed by atoms with Gasteiger partial charge in [0.2, 0.25) is 11.8 Å². The van der Waals surface area contributed by atoms with Crippen molar-refractivity contribution in [3.63, 3.8) is 0 Å². The molecule has 1 fully saturated rings. The monoisotopic (exact) mass is 721 g/mol. The molecule has 240 valence electrons. The molecule has 0 radical (unpaired) electrons. The van der Waals surface area contributed by atoms with Crippen molar-refractivity contribution in [2.24, 2.45) is 0 Å². The molecular weight excluding hydrogens is 686 g/mol. The van der Waals surface area contributed by atoms with E-state index in [4.69, 9.17) is 11.6 Å². The van der Waals surface area contributed by atoms with E-state index in [1.54, 1.807) is 36.4 Å². The summed E-state index contributed by atoms with van der Waals surface area (Å²) in [5.74, 6) is -0.761. The highest BCUT2D eigenvalue weighted by Gasteiger charge is 2.35. The number of rotatable bonds is 12. The number of halogens is 2. The molecule has 0 heterocycles. The molecule has 7 nitrogen and oxygen atoms in total. The van der Waals surface area contributed by atoms with E-state index in [0.717, 1.165) is 52.0 Å². The molecule has 0 aromatic heterocycles. The molecule has 4 aromatic carbocycles. The van der Waals surface area contributed by atoms with Crippen LogP contribution in [0.5, 0.6) is 0 Å². The molecule has 46 heavy (non-hydrogen) atoms. The summed E-state index contributed by atoms with van der Waals surface area (Å²) in [5.41, 5.74) is 1.95. The van der Waals surface area contributed by atoms with Gasteiger partial charge in [0.05, 0.1) is 10.6 Å². The van der Waals surface area contributed by atoms with E-state index in [1.807, 2.05) is 54.6 Å². The van der Waals surface area contributed by atoms with Gasteiger partial charge >= 0.3 is 0 Å². The van der Waals surface area contributed by atoms with E-state index in [0.29, 0.717) is 5.02 Å². The molecule has 1 aliphatic rings. The normalized spacial score (nSPS) is 14.3. The summed E-state index contributed by atoms with van der Waals surface area (Å²) >= 11 is 9.78. The van der Waals surface area contributed by atoms with Gasteiger partial charge in [-0.15, -0.1) is 0 Å². The standard InChI is InChI=1S/C36H37BrClN3O4S/c37-29-21-19-28(20-22-29)25-40(34(23-27-11-4-1-5-12-27)36(43)39-31-14-6-2-7-15-31)35(42)26-41(32-16-10-13-30(38)24-32)46(44,45)33-17-8-3-9-18-33/h1,3-5,8-13,16-22,24,31,34H,2,6-7,14-15,23,25-26H2,(H,39,43). The fourth-order valence-corrected chi connectivity index (χ4v) is 7.64. The molecule has 0 bridgehead atoms. The van der Waals surface area contributed by atoms with Crippen molar-refractivity contribution in [2.75, 3.05) is 10.8 Å². The molecule has 4 aromatic rings. The zero-order valence-corrected chi connectivity index (χ0v) is 28.6. The Labute approximate surface area is 284 Å². The number of carbonyl (C=O) groups excluding carboxylic acids is 2. The van der Waals surface area contributed by atoms with Crippen LogP contribution < -0.4 is 9.62 Å². The molecule has 1 atom stereocenters. The Hall–Kier alpha value is -3.66. The summed E-state index contributed by atoms with van der Waals surface area (Å²) < 4.78 is 30.1. The van der Waals surface area contributed by atoms with Crippen LogP contribution in [0.4, 0.5) is 5.69 Å². The first kappa shape index (κ1) is 33.7. The van der Waals surface area contributed by atoms with Crippen LogP contribution in [0.25, 0.3) is 0 Å². The number of benzene rings is 4. The van der Waals surface area contributed by atoms with Crippen molar-refractivity contribution < 1.29 is 18.0 Å². The molecular formula is C36H37BrClN3O4S. The molecule has 0 saturated heterocycles. The SMILES string of the molecule is O=C(NC1CCCCC1)C(Cc1ccccc1)N(Cc1ccc(Br)cc1)C(=O)CN(c1cccc(Cl)c1)S(=O)(=O)c1ccccc1. The highest BCUT2D eigenvalue weighted by molar-refractivity contribution is 9.10. The number of carbonyl (C=O) groups is 2. The lowest BCUT2D eigenvalue weighted by molar-refractivity contribution is -0.140. The third kappa shape index (κ3) is 8.78. The Morgan fingerprint density at radius 1 is 0.826 bits per heavy atom. The first-order valence-corrected chi connectivity index (χ1v) is 18.0. The minimum absolute atomic E-state index is 0.0329. The van der Waals surface area contributed by atoms with Crippen molar-refractivity contribution in [2.45, 2.75) is 62.0 Å². The zero-order valence-electron chi connectivity index (χ0n) is 25.4. The van der Waals surface area contributed by atoms with Gasteiger partial charge < -0.3 is 10.2 Å². The highest BCUT2D eigenvalue weighted by Crippen LogP contribution is 2.27. The summed E-state index contributed by atoms with van der Waals surface area (Å²) in [6, 6.07) is 30.7. The van der Waals surface area contributed by atoms with E-state index in [2.05, 4.69) is 21.2 Å². The van der Waals surface area contributed by atoms with Gasteiger partial charge in [0.1, 0.15) is 12.6 Å². The second-order valence-electron chi connectivity index (χ2n) is 11.5. The Morgan fingerprint density at radius 3 is 2.13 bits per heavy atom. The van der Waals surface area contributed by atoms with Gasteiger partial charge in [-0.1, -0.05) is 114 Å². The molecule has 0 aliphatic heterocycles. The van der Waals surface area contributed by atoms with Gasteiger partial charge in [0.15, 0.2) is 0 Å². The number of nitrogens with zero attached hydrogens (tertiary/aromatic N) is 2. The van der Waals surface area contributed by atoms with Crippen LogP contribution >= 0.6 is 27.5 Å². The summed E-state index contributed by atoms with van der Waals surface area (Å²) in [5, 5.41) is 3.56. The number of amides is 2. The van der Waals surface area contributed by atoms with Crippen LogP contribution in [0.1, 0.15) is 43.2 Å². The largest absolute Gasteiger partial charge is 0.352 e. The molecule has 0 spiro atoms. The molecule has 1 N–H and O–H groups in total. The van der Waals surface area contributed by atoms with Gasteiger partial charge in [0.25, 0.3) is 10.0 Å². The second kappa shape index (κ2) is 15.8. The van der Waals surface area contributed by atoms with Crippen molar-refractivity contribution in [1.29, 1.82) is 0 Å². The van der Waals surface area contributed by atoms with Gasteiger partial charge in [-0.05, 0) is 66.4 Å². The quantitative estimate of drug-likeness (QED) is 0.165. The minimum Gasteiger partial charge on any atom is -0.352 e. The lowest BCUT2D eigenvalue weighted by atomic mass is 9.94. The van der Waals surface area contributed by atoms with Gasteiger partial charge in [0, 0.05) is 28.5 Å². The fourth-order valence-electron chi connectivity index (χ4n) is 5.76. The van der Waals surface area contributed by atoms with Crippen molar-refractivity contribution in [3.05, 3.63) is 130 Å². The molecule has 10 heteroatoms. The summed E-state index contributed by atoms with van der Waals surface area (Å²) in [7, 11) is -4.19. The van der Waals surface area contributed by atoms with Crippen molar-refractivity contribution in [1.82, 2.24) is 10.2 Å². The van der Waals surface area contributed by atoms with Crippen molar-refractivity contribution in [3.8, 4) is 0 Å². The van der Waals surface area contributed by atoms with E-state index in [9.17, 15) is 18.0 Å². The van der Waals surface area contributed by atoms with Gasteiger partial charge in [-0.3, -0.25) is 13.9 Å². The maximum atomic E-state index is 14.6. The van der Waals surface area contributed by atoms with Crippen LogP contribution in [0.2, 0.25) is 5.02 Å². The van der Waals surface area contributed by atoms with Crippen LogP contribution in [-0.4, -0.2) is 43.8 Å². The molecule has 1 aliphatic carbocycles. The maximum absolute atomic E-state index is 14.6. The second-order valence-corrected chi connectivity index (χ2v) is 14.7. The summed E-state index contributed by atoms with van der Waals surface area (Å²) in [6.45, 7) is -0.424. The Morgan fingerprint density at radius 2 is 1.48 bits per heavy atom. The first-order chi connectivity index (χ1) is 22.2. The predicted octanol–water partition coefficient (Wildman–Crippen LogP) is 7.39.